The summed E-state index contributed by atoms with van der Waals surface area (Å²) in [7, 11) is 1.17. The SMILES string of the molecule is COC(=O)c1c(O)cc(O)c(Cl)c1CC/C=C/C(=O)Nc1cnccn1. The van der Waals surface area contributed by atoms with Crippen molar-refractivity contribution in [2.24, 2.45) is 0 Å². The second-order valence-corrected chi connectivity index (χ2v) is 5.47. The Balaban J connectivity index is 2.07. The standard InChI is InChI=1S/C17H16ClN3O5/c1-26-17(25)15-10(16(18)12(23)8-11(15)22)4-2-3-5-14(24)21-13-9-19-6-7-20-13/h3,5-9,22-23H,2,4H2,1H3,(H,20,21,24)/b5-3+. The lowest BCUT2D eigenvalue weighted by Crippen LogP contribution is -2.09. The third kappa shape index (κ3) is 4.70. The van der Waals surface area contributed by atoms with Crippen LogP contribution in [0.1, 0.15) is 22.3 Å². The van der Waals surface area contributed by atoms with Crippen molar-refractivity contribution in [3.8, 4) is 11.5 Å². The minimum Gasteiger partial charge on any atom is -0.507 e. The van der Waals surface area contributed by atoms with Gasteiger partial charge in [0.2, 0.25) is 5.91 Å². The first-order valence-corrected chi connectivity index (χ1v) is 7.87. The summed E-state index contributed by atoms with van der Waals surface area (Å²) in [6.07, 6.45) is 7.71. The summed E-state index contributed by atoms with van der Waals surface area (Å²) in [4.78, 5) is 31.4. The number of amides is 1. The van der Waals surface area contributed by atoms with E-state index < -0.39 is 17.6 Å². The Morgan fingerprint density at radius 3 is 2.73 bits per heavy atom. The second kappa shape index (κ2) is 8.82. The molecular weight excluding hydrogens is 362 g/mol. The van der Waals surface area contributed by atoms with Crippen LogP contribution in [0.3, 0.4) is 0 Å². The van der Waals surface area contributed by atoms with Crippen molar-refractivity contribution in [3.05, 3.63) is 53.0 Å². The number of aromatic hydroxyl groups is 2. The number of benzene rings is 1. The monoisotopic (exact) mass is 377 g/mol. The first-order chi connectivity index (χ1) is 12.4. The molecule has 1 heterocycles. The number of phenolic OH excluding ortho intramolecular Hbond substituents is 2. The molecule has 3 N–H and O–H groups in total. The van der Waals surface area contributed by atoms with E-state index in [1.807, 2.05) is 0 Å². The van der Waals surface area contributed by atoms with Crippen LogP contribution in [0.15, 0.2) is 36.8 Å². The molecule has 0 aliphatic rings. The molecule has 9 heteroatoms. The molecule has 2 rings (SSSR count). The highest BCUT2D eigenvalue weighted by Crippen LogP contribution is 2.37. The summed E-state index contributed by atoms with van der Waals surface area (Å²) >= 11 is 6.03. The highest BCUT2D eigenvalue weighted by atomic mass is 35.5. The van der Waals surface area contributed by atoms with Crippen LogP contribution in [0, 0.1) is 0 Å². The van der Waals surface area contributed by atoms with Crippen LogP contribution >= 0.6 is 11.6 Å². The Bertz CT molecular complexity index is 840. The number of halogens is 1. The van der Waals surface area contributed by atoms with Gasteiger partial charge in [0.15, 0.2) is 5.82 Å². The van der Waals surface area contributed by atoms with E-state index in [-0.39, 0.29) is 28.3 Å². The molecule has 2 aromatic rings. The molecule has 0 fully saturated rings. The van der Waals surface area contributed by atoms with Gasteiger partial charge < -0.3 is 20.3 Å². The summed E-state index contributed by atoms with van der Waals surface area (Å²) in [6, 6.07) is 0.974. The average molecular weight is 378 g/mol. The zero-order valence-electron chi connectivity index (χ0n) is 13.8. The summed E-state index contributed by atoms with van der Waals surface area (Å²) in [5.41, 5.74) is 0.114. The first kappa shape index (κ1) is 19.2. The van der Waals surface area contributed by atoms with Crippen LogP contribution in [0.5, 0.6) is 11.5 Å². The number of carbonyl (C=O) groups excluding carboxylic acids is 2. The fourth-order valence-corrected chi connectivity index (χ4v) is 2.44. The number of allylic oxidation sites excluding steroid dienone is 1. The fourth-order valence-electron chi connectivity index (χ4n) is 2.20. The molecule has 0 aliphatic carbocycles. The summed E-state index contributed by atoms with van der Waals surface area (Å²) in [6.45, 7) is 0. The van der Waals surface area contributed by atoms with E-state index in [9.17, 15) is 19.8 Å². The quantitative estimate of drug-likeness (QED) is 0.522. The van der Waals surface area contributed by atoms with Crippen molar-refractivity contribution < 1.29 is 24.5 Å². The van der Waals surface area contributed by atoms with Gasteiger partial charge in [-0.3, -0.25) is 9.78 Å². The number of carbonyl (C=O) groups is 2. The van der Waals surface area contributed by atoms with E-state index in [0.29, 0.717) is 12.2 Å². The number of aromatic nitrogens is 2. The van der Waals surface area contributed by atoms with Gasteiger partial charge in [0, 0.05) is 18.5 Å². The van der Waals surface area contributed by atoms with Crippen LogP contribution < -0.4 is 5.32 Å². The molecule has 1 aromatic carbocycles. The first-order valence-electron chi connectivity index (χ1n) is 7.49. The number of phenols is 2. The van der Waals surface area contributed by atoms with Gasteiger partial charge in [-0.05, 0) is 24.5 Å². The van der Waals surface area contributed by atoms with Crippen LogP contribution in [0.2, 0.25) is 5.02 Å². The molecule has 0 atom stereocenters. The Hall–Kier alpha value is -3.13. The molecular formula is C17H16ClN3O5. The molecule has 0 saturated heterocycles. The van der Waals surface area contributed by atoms with Gasteiger partial charge in [0.25, 0.3) is 0 Å². The Morgan fingerprint density at radius 2 is 2.08 bits per heavy atom. The number of nitrogens with one attached hydrogen (secondary N) is 1. The lowest BCUT2D eigenvalue weighted by molar-refractivity contribution is -0.111. The predicted molar refractivity (Wildman–Crippen MR) is 94.2 cm³/mol. The van der Waals surface area contributed by atoms with E-state index in [1.165, 1.54) is 31.8 Å². The van der Waals surface area contributed by atoms with E-state index in [2.05, 4.69) is 20.0 Å². The molecule has 1 aromatic heterocycles. The summed E-state index contributed by atoms with van der Waals surface area (Å²) < 4.78 is 4.63. The zero-order chi connectivity index (χ0) is 19.1. The highest BCUT2D eigenvalue weighted by Gasteiger charge is 2.22. The number of nitrogens with zero attached hydrogens (tertiary/aromatic N) is 2. The van der Waals surface area contributed by atoms with E-state index in [1.54, 1.807) is 6.08 Å². The Labute approximate surface area is 154 Å². The minimum absolute atomic E-state index is 0.0550. The van der Waals surface area contributed by atoms with Crippen molar-refractivity contribution in [1.82, 2.24) is 9.97 Å². The maximum Gasteiger partial charge on any atom is 0.341 e. The number of hydrogen-bond acceptors (Lipinski definition) is 7. The number of ether oxygens (including phenoxy) is 1. The lowest BCUT2D eigenvalue weighted by atomic mass is 10.0. The molecule has 0 bridgehead atoms. The predicted octanol–water partition coefficient (Wildman–Crippen LogP) is 2.46. The minimum atomic E-state index is -0.774. The lowest BCUT2D eigenvalue weighted by Gasteiger charge is -2.12. The zero-order valence-corrected chi connectivity index (χ0v) is 14.5. The number of esters is 1. The smallest absolute Gasteiger partial charge is 0.341 e. The third-order valence-corrected chi connectivity index (χ3v) is 3.78. The van der Waals surface area contributed by atoms with Crippen molar-refractivity contribution >= 4 is 29.3 Å². The molecule has 0 saturated carbocycles. The van der Waals surface area contributed by atoms with Crippen LogP contribution in [-0.2, 0) is 16.0 Å². The van der Waals surface area contributed by atoms with Crippen molar-refractivity contribution in [2.75, 3.05) is 12.4 Å². The molecule has 1 amide bonds. The fraction of sp³-hybridized carbons (Fsp3) is 0.176. The van der Waals surface area contributed by atoms with E-state index >= 15 is 0 Å². The number of hydrogen-bond donors (Lipinski definition) is 3. The van der Waals surface area contributed by atoms with Crippen LogP contribution in [0.25, 0.3) is 0 Å². The second-order valence-electron chi connectivity index (χ2n) is 5.09. The number of anilines is 1. The average Bonchev–Trinajstić information content (AvgIpc) is 2.62. The van der Waals surface area contributed by atoms with E-state index in [4.69, 9.17) is 11.6 Å². The number of methoxy groups -OCH3 is 1. The van der Waals surface area contributed by atoms with Gasteiger partial charge in [0.1, 0.15) is 17.1 Å². The number of rotatable bonds is 6. The van der Waals surface area contributed by atoms with Gasteiger partial charge in [-0.25, -0.2) is 9.78 Å². The van der Waals surface area contributed by atoms with Gasteiger partial charge in [-0.15, -0.1) is 0 Å². The molecule has 0 aliphatic heterocycles. The molecule has 136 valence electrons. The van der Waals surface area contributed by atoms with E-state index in [0.717, 1.165) is 6.07 Å². The van der Waals surface area contributed by atoms with Crippen LogP contribution in [-0.4, -0.2) is 39.2 Å². The van der Waals surface area contributed by atoms with Crippen molar-refractivity contribution in [2.45, 2.75) is 12.8 Å². The highest BCUT2D eigenvalue weighted by molar-refractivity contribution is 6.33. The normalized spacial score (nSPS) is 10.7. The molecule has 8 nitrogen and oxygen atoms in total. The maximum absolute atomic E-state index is 11.8. The maximum atomic E-state index is 11.8. The Kier molecular flexibility index (Phi) is 6.51. The Morgan fingerprint density at radius 1 is 1.31 bits per heavy atom. The molecule has 0 radical (unpaired) electrons. The largest absolute Gasteiger partial charge is 0.507 e. The topological polar surface area (TPSA) is 122 Å². The molecule has 26 heavy (non-hydrogen) atoms. The van der Waals surface area contributed by atoms with Crippen LogP contribution in [0.4, 0.5) is 5.82 Å². The van der Waals surface area contributed by atoms with Crippen molar-refractivity contribution in [1.29, 1.82) is 0 Å². The molecule has 0 unspecified atom stereocenters. The van der Waals surface area contributed by atoms with Gasteiger partial charge in [0.05, 0.1) is 18.3 Å². The third-order valence-electron chi connectivity index (χ3n) is 3.36. The van der Waals surface area contributed by atoms with Gasteiger partial charge in [-0.1, -0.05) is 17.7 Å². The van der Waals surface area contributed by atoms with Crippen molar-refractivity contribution in [3.63, 3.8) is 0 Å². The molecule has 0 spiro atoms. The summed E-state index contributed by atoms with van der Waals surface area (Å²) in [5, 5.41) is 22.1. The van der Waals surface area contributed by atoms with Gasteiger partial charge >= 0.3 is 5.97 Å². The summed E-state index contributed by atoms with van der Waals surface area (Å²) in [5.74, 6) is -1.64. The van der Waals surface area contributed by atoms with Gasteiger partial charge in [-0.2, -0.15) is 0 Å².